The number of aromatic nitrogens is 2. The highest BCUT2D eigenvalue weighted by Crippen LogP contribution is 2.46. The smallest absolute Gasteiger partial charge is 0.121 e. The SMILES string of the molecule is c1ccc(C(c2ccccc2)(c2ccccc2)c2cn(C(c3ccccc3)(c3ccccc3)c3ccccc3)cn2)cc1. The Bertz CT molecular complexity index is 1550. The van der Waals surface area contributed by atoms with Crippen molar-refractivity contribution in [3.05, 3.63) is 234 Å². The third-order valence-corrected chi connectivity index (χ3v) is 8.55. The van der Waals surface area contributed by atoms with Gasteiger partial charge in [0.2, 0.25) is 0 Å². The largest absolute Gasteiger partial charge is 0.319 e. The van der Waals surface area contributed by atoms with Crippen LogP contribution in [0.1, 0.15) is 39.1 Å². The maximum Gasteiger partial charge on any atom is 0.121 e. The summed E-state index contributed by atoms with van der Waals surface area (Å²) in [6, 6.07) is 64.6. The standard InChI is InChI=1S/C41H32N2/c1-7-19-33(20-8-1)40(34-21-9-2-10-22-34,35-23-11-3-12-24-35)39-31-43(32-42-39)41(36-25-13-4-14-26-36,37-27-15-5-16-28-37)38-29-17-6-18-30-38/h1-32H. The molecule has 0 aliphatic carbocycles. The lowest BCUT2D eigenvalue weighted by Gasteiger charge is -2.38. The van der Waals surface area contributed by atoms with E-state index in [0.29, 0.717) is 0 Å². The Morgan fingerprint density at radius 1 is 0.349 bits per heavy atom. The summed E-state index contributed by atoms with van der Waals surface area (Å²) >= 11 is 0. The van der Waals surface area contributed by atoms with Crippen LogP contribution in [0, 0.1) is 0 Å². The predicted octanol–water partition coefficient (Wildman–Crippen LogP) is 9.11. The fourth-order valence-electron chi connectivity index (χ4n) is 6.69. The minimum absolute atomic E-state index is 0.634. The third-order valence-electron chi connectivity index (χ3n) is 8.55. The van der Waals surface area contributed by atoms with Gasteiger partial charge in [-0.3, -0.25) is 0 Å². The molecule has 0 amide bonds. The molecular formula is C41H32N2. The van der Waals surface area contributed by atoms with Gasteiger partial charge in [0.1, 0.15) is 5.54 Å². The molecule has 0 N–H and O–H groups in total. The van der Waals surface area contributed by atoms with Crippen molar-refractivity contribution < 1.29 is 0 Å². The monoisotopic (exact) mass is 552 g/mol. The summed E-state index contributed by atoms with van der Waals surface area (Å²) in [6.07, 6.45) is 4.28. The molecule has 1 aromatic heterocycles. The van der Waals surface area contributed by atoms with Gasteiger partial charge >= 0.3 is 0 Å². The molecule has 0 atom stereocenters. The van der Waals surface area contributed by atoms with E-state index in [1.165, 1.54) is 33.4 Å². The Kier molecular flexibility index (Phi) is 7.02. The summed E-state index contributed by atoms with van der Waals surface area (Å²) in [5.74, 6) is 0. The number of rotatable bonds is 8. The molecule has 0 aliphatic heterocycles. The van der Waals surface area contributed by atoms with Gasteiger partial charge in [0, 0.05) is 6.20 Å². The van der Waals surface area contributed by atoms with Crippen LogP contribution in [0.3, 0.4) is 0 Å². The van der Waals surface area contributed by atoms with Crippen LogP contribution in [0.15, 0.2) is 195 Å². The highest BCUT2D eigenvalue weighted by Gasteiger charge is 2.43. The number of hydrogen-bond donors (Lipinski definition) is 0. The predicted molar refractivity (Wildman–Crippen MR) is 175 cm³/mol. The summed E-state index contributed by atoms with van der Waals surface area (Å²) in [5.41, 5.74) is 6.69. The van der Waals surface area contributed by atoms with Gasteiger partial charge in [0.25, 0.3) is 0 Å². The van der Waals surface area contributed by atoms with E-state index in [1.54, 1.807) is 0 Å². The van der Waals surface area contributed by atoms with Gasteiger partial charge in [-0.2, -0.15) is 0 Å². The second-order valence-corrected chi connectivity index (χ2v) is 10.8. The minimum Gasteiger partial charge on any atom is -0.319 e. The molecule has 7 rings (SSSR count). The van der Waals surface area contributed by atoms with Gasteiger partial charge in [-0.1, -0.05) is 182 Å². The first-order chi connectivity index (χ1) is 21.3. The topological polar surface area (TPSA) is 17.8 Å². The molecule has 0 radical (unpaired) electrons. The second-order valence-electron chi connectivity index (χ2n) is 10.8. The zero-order chi connectivity index (χ0) is 29.0. The molecule has 206 valence electrons. The highest BCUT2D eigenvalue weighted by atomic mass is 15.1. The summed E-state index contributed by atoms with van der Waals surface area (Å²) in [7, 11) is 0. The number of hydrogen-bond acceptors (Lipinski definition) is 1. The lowest BCUT2D eigenvalue weighted by molar-refractivity contribution is 0.513. The van der Waals surface area contributed by atoms with E-state index >= 15 is 0 Å². The molecule has 0 saturated carbocycles. The van der Waals surface area contributed by atoms with Crippen molar-refractivity contribution in [2.75, 3.05) is 0 Å². The summed E-state index contributed by atoms with van der Waals surface area (Å²) in [5, 5.41) is 0. The highest BCUT2D eigenvalue weighted by molar-refractivity contribution is 5.58. The van der Waals surface area contributed by atoms with Gasteiger partial charge in [-0.25, -0.2) is 4.98 Å². The second kappa shape index (κ2) is 11.4. The maximum absolute atomic E-state index is 5.32. The van der Waals surface area contributed by atoms with Crippen LogP contribution in [-0.2, 0) is 11.0 Å². The van der Waals surface area contributed by atoms with E-state index in [0.717, 1.165) is 5.69 Å². The van der Waals surface area contributed by atoms with E-state index in [1.807, 2.05) is 6.33 Å². The Balaban J connectivity index is 1.58. The third kappa shape index (κ3) is 4.40. The lowest BCUT2D eigenvalue weighted by Crippen LogP contribution is -2.37. The fourth-order valence-corrected chi connectivity index (χ4v) is 6.69. The number of benzene rings is 6. The van der Waals surface area contributed by atoms with Crippen LogP contribution >= 0.6 is 0 Å². The summed E-state index contributed by atoms with van der Waals surface area (Å²) in [4.78, 5) is 5.32. The van der Waals surface area contributed by atoms with E-state index < -0.39 is 11.0 Å². The molecule has 2 nitrogen and oxygen atoms in total. The molecule has 0 bridgehead atoms. The van der Waals surface area contributed by atoms with Crippen LogP contribution in [0.2, 0.25) is 0 Å². The molecule has 0 aliphatic rings. The molecule has 0 unspecified atom stereocenters. The zero-order valence-corrected chi connectivity index (χ0v) is 23.9. The lowest BCUT2D eigenvalue weighted by atomic mass is 9.67. The first-order valence-electron chi connectivity index (χ1n) is 14.7. The molecule has 7 aromatic rings. The molecule has 6 aromatic carbocycles. The summed E-state index contributed by atoms with van der Waals surface area (Å²) < 4.78 is 2.31. The van der Waals surface area contributed by atoms with Gasteiger partial charge in [-0.05, 0) is 33.4 Å². The van der Waals surface area contributed by atoms with Crippen molar-refractivity contribution in [2.24, 2.45) is 0 Å². The molecular weight excluding hydrogens is 520 g/mol. The quantitative estimate of drug-likeness (QED) is 0.172. The first-order valence-corrected chi connectivity index (χ1v) is 14.7. The molecule has 2 heteroatoms. The normalized spacial score (nSPS) is 11.7. The zero-order valence-electron chi connectivity index (χ0n) is 23.9. The van der Waals surface area contributed by atoms with Gasteiger partial charge < -0.3 is 4.57 Å². The fraction of sp³-hybridized carbons (Fsp3) is 0.0488. The van der Waals surface area contributed by atoms with Gasteiger partial charge in [0.05, 0.1) is 17.4 Å². The van der Waals surface area contributed by atoms with E-state index in [-0.39, 0.29) is 0 Å². The van der Waals surface area contributed by atoms with Crippen molar-refractivity contribution in [1.82, 2.24) is 9.55 Å². The van der Waals surface area contributed by atoms with Crippen LogP contribution < -0.4 is 0 Å². The summed E-state index contributed by atoms with van der Waals surface area (Å²) in [6.45, 7) is 0. The van der Waals surface area contributed by atoms with E-state index in [4.69, 9.17) is 4.98 Å². The minimum atomic E-state index is -0.648. The van der Waals surface area contributed by atoms with Crippen molar-refractivity contribution in [3.63, 3.8) is 0 Å². The molecule has 0 spiro atoms. The number of imidazole rings is 1. The Labute approximate surface area is 253 Å². The van der Waals surface area contributed by atoms with E-state index in [2.05, 4.69) is 193 Å². The van der Waals surface area contributed by atoms with Crippen molar-refractivity contribution in [2.45, 2.75) is 11.0 Å². The molecule has 0 fully saturated rings. The Hall–Kier alpha value is -5.47. The van der Waals surface area contributed by atoms with Crippen molar-refractivity contribution in [1.29, 1.82) is 0 Å². The Morgan fingerprint density at radius 3 is 0.930 bits per heavy atom. The first kappa shape index (κ1) is 26.4. The molecule has 1 heterocycles. The Morgan fingerprint density at radius 2 is 0.628 bits per heavy atom. The average molecular weight is 553 g/mol. The molecule has 0 saturated heterocycles. The van der Waals surface area contributed by atoms with Gasteiger partial charge in [-0.15, -0.1) is 0 Å². The van der Waals surface area contributed by atoms with E-state index in [9.17, 15) is 0 Å². The van der Waals surface area contributed by atoms with Crippen LogP contribution in [0.5, 0.6) is 0 Å². The van der Waals surface area contributed by atoms with Crippen molar-refractivity contribution in [3.8, 4) is 0 Å². The van der Waals surface area contributed by atoms with Gasteiger partial charge in [0.15, 0.2) is 0 Å². The average Bonchev–Trinajstić information content (AvgIpc) is 3.59. The van der Waals surface area contributed by atoms with Crippen LogP contribution in [0.4, 0.5) is 0 Å². The van der Waals surface area contributed by atoms with Crippen molar-refractivity contribution >= 4 is 0 Å². The molecule has 43 heavy (non-hydrogen) atoms. The van der Waals surface area contributed by atoms with Crippen LogP contribution in [-0.4, -0.2) is 9.55 Å². The maximum atomic E-state index is 5.32. The van der Waals surface area contributed by atoms with Crippen LogP contribution in [0.25, 0.3) is 0 Å². The number of nitrogens with zero attached hydrogens (tertiary/aromatic N) is 2.